The minimum atomic E-state index is -0.868. The molecule has 1 aliphatic heterocycles. The molecule has 0 aromatic heterocycles. The van der Waals surface area contributed by atoms with E-state index in [2.05, 4.69) is 0 Å². The smallest absolute Gasteiger partial charge is 0.293 e. The van der Waals surface area contributed by atoms with Gasteiger partial charge in [-0.2, -0.15) is 0 Å². The van der Waals surface area contributed by atoms with Gasteiger partial charge in [0, 0.05) is 16.5 Å². The minimum Gasteiger partial charge on any atom is -0.502 e. The second-order valence-corrected chi connectivity index (χ2v) is 8.35. The van der Waals surface area contributed by atoms with E-state index in [4.69, 9.17) is 23.2 Å². The Balaban J connectivity index is 1.87. The van der Waals surface area contributed by atoms with Crippen LogP contribution in [-0.2, 0) is 16.0 Å². The number of rotatable bonds is 3. The molecule has 0 spiro atoms. The SMILES string of the molecule is CCC1(C2CCCC2)Cc2cc(C3=C(O)C(=O)NC3=O)c(Cl)c(Cl)c2C1=O. The van der Waals surface area contributed by atoms with Crippen LogP contribution < -0.4 is 5.32 Å². The third kappa shape index (κ3) is 2.48. The zero-order chi connectivity index (χ0) is 19.5. The van der Waals surface area contributed by atoms with Gasteiger partial charge in [0.15, 0.2) is 11.5 Å². The number of hydrogen-bond acceptors (Lipinski definition) is 4. The molecule has 0 radical (unpaired) electrons. The van der Waals surface area contributed by atoms with Gasteiger partial charge in [-0.25, -0.2) is 0 Å². The van der Waals surface area contributed by atoms with E-state index in [0.29, 0.717) is 24.3 Å². The highest BCUT2D eigenvalue weighted by molar-refractivity contribution is 6.47. The van der Waals surface area contributed by atoms with Gasteiger partial charge in [0.05, 0.1) is 15.6 Å². The van der Waals surface area contributed by atoms with Crippen LogP contribution in [-0.4, -0.2) is 22.7 Å². The summed E-state index contributed by atoms with van der Waals surface area (Å²) in [5.74, 6) is -1.94. The van der Waals surface area contributed by atoms with E-state index in [1.54, 1.807) is 6.07 Å². The quantitative estimate of drug-likeness (QED) is 0.733. The van der Waals surface area contributed by atoms with Crippen molar-refractivity contribution in [2.24, 2.45) is 11.3 Å². The van der Waals surface area contributed by atoms with Crippen LogP contribution in [0.15, 0.2) is 11.8 Å². The fraction of sp³-hybridized carbons (Fsp3) is 0.450. The Morgan fingerprint density at radius 2 is 1.81 bits per heavy atom. The van der Waals surface area contributed by atoms with E-state index in [9.17, 15) is 19.5 Å². The van der Waals surface area contributed by atoms with Gasteiger partial charge in [0.2, 0.25) is 0 Å². The molecule has 142 valence electrons. The number of hydrogen-bond donors (Lipinski definition) is 2. The van der Waals surface area contributed by atoms with Gasteiger partial charge in [-0.1, -0.05) is 43.0 Å². The molecule has 0 bridgehead atoms. The average Bonchev–Trinajstić information content (AvgIpc) is 3.31. The van der Waals surface area contributed by atoms with Gasteiger partial charge in [-0.05, 0) is 43.2 Å². The Labute approximate surface area is 166 Å². The standard InChI is InChI=1S/C20H19Cl2NO4/c1-2-20(10-5-3-4-6-10)8-9-7-11(13-16(24)19(27)23-18(13)26)14(21)15(22)12(9)17(20)25/h7,10H,2-6,8H2,1H3,(H2,23,24,26,27). The lowest BCUT2D eigenvalue weighted by Crippen LogP contribution is -2.34. The molecule has 1 fully saturated rings. The van der Waals surface area contributed by atoms with Crippen molar-refractivity contribution < 1.29 is 19.5 Å². The molecule has 27 heavy (non-hydrogen) atoms. The maximum absolute atomic E-state index is 13.4. The van der Waals surface area contributed by atoms with Gasteiger partial charge in [-0.3, -0.25) is 19.7 Å². The van der Waals surface area contributed by atoms with E-state index < -0.39 is 23.0 Å². The van der Waals surface area contributed by atoms with Gasteiger partial charge < -0.3 is 5.11 Å². The lowest BCUT2D eigenvalue weighted by molar-refractivity contribution is -0.124. The van der Waals surface area contributed by atoms with Crippen LogP contribution in [0.4, 0.5) is 0 Å². The van der Waals surface area contributed by atoms with Crippen LogP contribution in [0.25, 0.3) is 5.57 Å². The summed E-state index contributed by atoms with van der Waals surface area (Å²) in [6, 6.07) is 1.64. The molecule has 3 aliphatic rings. The van der Waals surface area contributed by atoms with Crippen molar-refractivity contribution in [3.05, 3.63) is 38.6 Å². The Morgan fingerprint density at radius 3 is 2.37 bits per heavy atom. The third-order valence-electron chi connectivity index (χ3n) is 6.42. The predicted octanol–water partition coefficient (Wildman–Crippen LogP) is 4.24. The Morgan fingerprint density at radius 1 is 1.15 bits per heavy atom. The number of carbonyl (C=O) groups is 3. The highest BCUT2D eigenvalue weighted by Gasteiger charge is 2.51. The number of amides is 2. The summed E-state index contributed by atoms with van der Waals surface area (Å²) in [5.41, 5.74) is 0.646. The molecule has 2 aliphatic carbocycles. The van der Waals surface area contributed by atoms with Crippen molar-refractivity contribution in [3.8, 4) is 0 Å². The van der Waals surface area contributed by atoms with Crippen LogP contribution >= 0.6 is 23.2 Å². The predicted molar refractivity (Wildman–Crippen MR) is 102 cm³/mol. The van der Waals surface area contributed by atoms with Crippen molar-refractivity contribution in [1.82, 2.24) is 5.32 Å². The molecule has 1 saturated carbocycles. The van der Waals surface area contributed by atoms with Gasteiger partial charge in [0.25, 0.3) is 11.8 Å². The van der Waals surface area contributed by atoms with Gasteiger partial charge >= 0.3 is 0 Å². The number of aliphatic hydroxyl groups is 1. The molecule has 5 nitrogen and oxygen atoms in total. The first-order valence-corrected chi connectivity index (χ1v) is 9.92. The molecule has 1 aromatic carbocycles. The average molecular weight is 408 g/mol. The molecule has 1 heterocycles. The topological polar surface area (TPSA) is 83.5 Å². The summed E-state index contributed by atoms with van der Waals surface area (Å²) in [5, 5.41) is 12.1. The van der Waals surface area contributed by atoms with E-state index in [1.165, 1.54) is 0 Å². The number of carbonyl (C=O) groups excluding carboxylic acids is 3. The van der Waals surface area contributed by atoms with E-state index in [-0.39, 0.29) is 27.0 Å². The second kappa shape index (κ2) is 6.35. The number of nitrogens with one attached hydrogen (secondary N) is 1. The number of ketones is 1. The maximum atomic E-state index is 13.4. The van der Waals surface area contributed by atoms with Crippen LogP contribution in [0.2, 0.25) is 10.0 Å². The lowest BCUT2D eigenvalue weighted by atomic mass is 9.69. The number of benzene rings is 1. The van der Waals surface area contributed by atoms with E-state index in [0.717, 1.165) is 31.2 Å². The van der Waals surface area contributed by atoms with E-state index in [1.807, 2.05) is 12.2 Å². The molecule has 0 saturated heterocycles. The Bertz CT molecular complexity index is 930. The fourth-order valence-corrected chi connectivity index (χ4v) is 5.55. The van der Waals surface area contributed by atoms with Crippen molar-refractivity contribution in [1.29, 1.82) is 0 Å². The first-order chi connectivity index (χ1) is 12.8. The summed E-state index contributed by atoms with van der Waals surface area (Å²) in [4.78, 5) is 37.1. The molecule has 2 amide bonds. The summed E-state index contributed by atoms with van der Waals surface area (Å²) in [6.07, 6.45) is 5.54. The number of aliphatic hydroxyl groups excluding tert-OH is 1. The highest BCUT2D eigenvalue weighted by Crippen LogP contribution is 2.53. The number of halogens is 2. The Hall–Kier alpha value is -1.85. The normalized spacial score (nSPS) is 25.5. The first-order valence-electron chi connectivity index (χ1n) is 9.16. The summed E-state index contributed by atoms with van der Waals surface area (Å²) in [6.45, 7) is 2.02. The molecular weight excluding hydrogens is 389 g/mol. The molecule has 7 heteroatoms. The largest absolute Gasteiger partial charge is 0.502 e. The van der Waals surface area contributed by atoms with Crippen molar-refractivity contribution >= 4 is 46.4 Å². The molecule has 1 atom stereocenters. The monoisotopic (exact) mass is 407 g/mol. The minimum absolute atomic E-state index is 0.00786. The van der Waals surface area contributed by atoms with Gasteiger partial charge in [0.1, 0.15) is 0 Å². The summed E-state index contributed by atoms with van der Waals surface area (Å²) < 4.78 is 0. The highest BCUT2D eigenvalue weighted by atomic mass is 35.5. The number of Topliss-reactive ketones (excluding diaryl/α,β-unsaturated/α-hetero) is 1. The summed E-state index contributed by atoms with van der Waals surface area (Å²) in [7, 11) is 0. The third-order valence-corrected chi connectivity index (χ3v) is 7.28. The van der Waals surface area contributed by atoms with Crippen LogP contribution in [0.1, 0.15) is 60.5 Å². The second-order valence-electron chi connectivity index (χ2n) is 7.59. The van der Waals surface area contributed by atoms with Crippen LogP contribution in [0, 0.1) is 11.3 Å². The van der Waals surface area contributed by atoms with Crippen molar-refractivity contribution in [3.63, 3.8) is 0 Å². The van der Waals surface area contributed by atoms with Crippen LogP contribution in [0.5, 0.6) is 0 Å². The molecular formula is C20H19Cl2NO4. The first kappa shape index (κ1) is 18.5. The zero-order valence-electron chi connectivity index (χ0n) is 14.8. The fourth-order valence-electron chi connectivity index (χ4n) is 4.99. The van der Waals surface area contributed by atoms with Gasteiger partial charge in [-0.15, -0.1) is 0 Å². The Kier molecular flexibility index (Phi) is 4.35. The molecule has 2 N–H and O–H groups in total. The molecule has 4 rings (SSSR count). The zero-order valence-corrected chi connectivity index (χ0v) is 16.3. The van der Waals surface area contributed by atoms with Crippen LogP contribution in [0.3, 0.4) is 0 Å². The maximum Gasteiger partial charge on any atom is 0.293 e. The molecule has 1 aromatic rings. The number of imide groups is 1. The van der Waals surface area contributed by atoms with E-state index >= 15 is 0 Å². The van der Waals surface area contributed by atoms with Crippen molar-refractivity contribution in [2.75, 3.05) is 0 Å². The molecule has 1 unspecified atom stereocenters. The van der Waals surface area contributed by atoms with Crippen molar-refractivity contribution in [2.45, 2.75) is 45.4 Å². The summed E-state index contributed by atoms with van der Waals surface area (Å²) >= 11 is 12.8. The lowest BCUT2D eigenvalue weighted by Gasteiger charge is -2.32. The number of fused-ring (bicyclic) bond motifs is 1.